The smallest absolute Gasteiger partial charge is 0.253 e. The second-order valence-corrected chi connectivity index (χ2v) is 7.61. The highest BCUT2D eigenvalue weighted by molar-refractivity contribution is 14.0. The molecular weight excluding hydrogens is 465 g/mol. The molecule has 0 saturated carbocycles. The highest BCUT2D eigenvalue weighted by Gasteiger charge is 2.16. The predicted octanol–water partition coefficient (Wildman–Crippen LogP) is 2.45. The number of nitrogens with zero attached hydrogens (tertiary/aromatic N) is 3. The van der Waals surface area contributed by atoms with Crippen molar-refractivity contribution < 1.29 is 4.79 Å². The molecule has 1 saturated heterocycles. The molecule has 0 bridgehead atoms. The number of aliphatic imine (C=N–C) groups is 1. The number of likely N-dealkylation sites (tertiary alicyclic amines) is 1. The lowest BCUT2D eigenvalue weighted by Gasteiger charge is -2.29. The summed E-state index contributed by atoms with van der Waals surface area (Å²) in [4.78, 5) is 20.4. The van der Waals surface area contributed by atoms with Crippen LogP contribution in [0.5, 0.6) is 0 Å². The Kier molecular flexibility index (Phi) is 11.4. The van der Waals surface area contributed by atoms with Crippen molar-refractivity contribution in [3.8, 4) is 0 Å². The number of rotatable bonds is 7. The number of carbonyl (C=O) groups excluding carboxylic acids is 1. The van der Waals surface area contributed by atoms with Gasteiger partial charge in [-0.3, -0.25) is 9.79 Å². The SMILES string of the molecule is CN=C(NCCc1cccc(C(=O)N(C)C)c1)NCCC1CCN(C)CC1.I. The van der Waals surface area contributed by atoms with Crippen molar-refractivity contribution in [3.63, 3.8) is 0 Å². The van der Waals surface area contributed by atoms with E-state index in [4.69, 9.17) is 0 Å². The first-order valence-electron chi connectivity index (χ1n) is 9.93. The molecule has 1 amide bonds. The molecule has 1 aromatic carbocycles. The van der Waals surface area contributed by atoms with Crippen LogP contribution in [-0.2, 0) is 6.42 Å². The third kappa shape index (κ3) is 8.34. The van der Waals surface area contributed by atoms with Crippen LogP contribution in [0.2, 0.25) is 0 Å². The third-order valence-corrected chi connectivity index (χ3v) is 5.19. The fraction of sp³-hybridized carbons (Fsp3) is 0.619. The summed E-state index contributed by atoms with van der Waals surface area (Å²) in [5.41, 5.74) is 1.88. The van der Waals surface area contributed by atoms with Gasteiger partial charge in [0.05, 0.1) is 0 Å². The van der Waals surface area contributed by atoms with E-state index in [1.165, 1.54) is 32.4 Å². The fourth-order valence-corrected chi connectivity index (χ4v) is 3.41. The lowest BCUT2D eigenvalue weighted by atomic mass is 9.94. The number of hydrogen-bond acceptors (Lipinski definition) is 3. The molecule has 1 aromatic rings. The van der Waals surface area contributed by atoms with Gasteiger partial charge in [0.25, 0.3) is 5.91 Å². The Hall–Kier alpha value is -1.35. The lowest BCUT2D eigenvalue weighted by Crippen LogP contribution is -2.39. The topological polar surface area (TPSA) is 60.0 Å². The van der Waals surface area contributed by atoms with Gasteiger partial charge in [0.1, 0.15) is 0 Å². The van der Waals surface area contributed by atoms with Gasteiger partial charge >= 0.3 is 0 Å². The molecule has 2 rings (SSSR count). The standard InChI is InChI=1S/C21H35N5O.HI/c1-22-21(23-12-8-17-10-14-26(4)15-11-17)24-13-9-18-6-5-7-19(16-18)20(27)25(2)3;/h5-7,16-17H,8-15H2,1-4H3,(H2,22,23,24);1H. The number of piperidine rings is 1. The number of nitrogens with one attached hydrogen (secondary N) is 2. The maximum absolute atomic E-state index is 12.1. The minimum atomic E-state index is 0. The Morgan fingerprint density at radius 3 is 2.54 bits per heavy atom. The monoisotopic (exact) mass is 501 g/mol. The van der Waals surface area contributed by atoms with Crippen LogP contribution in [0.1, 0.15) is 35.2 Å². The minimum Gasteiger partial charge on any atom is -0.356 e. The van der Waals surface area contributed by atoms with Crippen molar-refractivity contribution in [1.82, 2.24) is 20.4 Å². The number of halogens is 1. The molecule has 0 radical (unpaired) electrons. The number of guanidine groups is 1. The van der Waals surface area contributed by atoms with Crippen molar-refractivity contribution in [2.24, 2.45) is 10.9 Å². The minimum absolute atomic E-state index is 0. The van der Waals surface area contributed by atoms with Gasteiger partial charge in [0.15, 0.2) is 5.96 Å². The van der Waals surface area contributed by atoms with Crippen molar-refractivity contribution in [3.05, 3.63) is 35.4 Å². The maximum Gasteiger partial charge on any atom is 0.253 e. The summed E-state index contributed by atoms with van der Waals surface area (Å²) < 4.78 is 0. The molecule has 158 valence electrons. The van der Waals surface area contributed by atoms with Crippen LogP contribution >= 0.6 is 24.0 Å². The first-order valence-corrected chi connectivity index (χ1v) is 9.93. The van der Waals surface area contributed by atoms with Gasteiger partial charge in [0, 0.05) is 39.8 Å². The van der Waals surface area contributed by atoms with Gasteiger partial charge in [-0.2, -0.15) is 0 Å². The Labute approximate surface area is 187 Å². The molecule has 28 heavy (non-hydrogen) atoms. The van der Waals surface area contributed by atoms with Crippen molar-refractivity contribution >= 4 is 35.8 Å². The van der Waals surface area contributed by atoms with Gasteiger partial charge in [-0.25, -0.2) is 0 Å². The summed E-state index contributed by atoms with van der Waals surface area (Å²) in [7, 11) is 7.56. The van der Waals surface area contributed by atoms with E-state index in [2.05, 4.69) is 33.6 Å². The first kappa shape index (κ1) is 24.7. The maximum atomic E-state index is 12.1. The predicted molar refractivity (Wildman–Crippen MR) is 128 cm³/mol. The zero-order valence-electron chi connectivity index (χ0n) is 17.7. The number of hydrogen-bond donors (Lipinski definition) is 2. The summed E-state index contributed by atoms with van der Waals surface area (Å²) in [5.74, 6) is 1.71. The van der Waals surface area contributed by atoms with Gasteiger partial charge in [-0.05, 0) is 69.4 Å². The fourth-order valence-electron chi connectivity index (χ4n) is 3.41. The van der Waals surface area contributed by atoms with E-state index in [1.807, 2.05) is 18.2 Å². The molecule has 0 unspecified atom stereocenters. The second-order valence-electron chi connectivity index (χ2n) is 7.61. The Morgan fingerprint density at radius 2 is 1.89 bits per heavy atom. The van der Waals surface area contributed by atoms with Gasteiger partial charge in [-0.15, -0.1) is 24.0 Å². The van der Waals surface area contributed by atoms with E-state index < -0.39 is 0 Å². The van der Waals surface area contributed by atoms with Crippen molar-refractivity contribution in [2.45, 2.75) is 25.7 Å². The van der Waals surface area contributed by atoms with Crippen LogP contribution in [-0.4, -0.2) is 76.0 Å². The molecule has 1 aliphatic rings. The quantitative estimate of drug-likeness (QED) is 0.343. The average Bonchev–Trinajstić information content (AvgIpc) is 2.67. The van der Waals surface area contributed by atoms with E-state index in [0.717, 1.165) is 42.5 Å². The molecule has 0 aliphatic carbocycles. The Bertz CT molecular complexity index is 627. The van der Waals surface area contributed by atoms with E-state index in [1.54, 1.807) is 26.0 Å². The largest absolute Gasteiger partial charge is 0.356 e. The summed E-state index contributed by atoms with van der Waals surface area (Å²) in [6.45, 7) is 4.18. The molecule has 1 heterocycles. The molecule has 0 spiro atoms. The summed E-state index contributed by atoms with van der Waals surface area (Å²) in [6.07, 6.45) is 4.64. The number of amides is 1. The molecule has 0 aromatic heterocycles. The van der Waals surface area contributed by atoms with E-state index >= 15 is 0 Å². The highest BCUT2D eigenvalue weighted by Crippen LogP contribution is 2.18. The Balaban J connectivity index is 0.00000392. The summed E-state index contributed by atoms with van der Waals surface area (Å²) in [5, 5.41) is 6.79. The van der Waals surface area contributed by atoms with E-state index in [-0.39, 0.29) is 29.9 Å². The molecule has 6 nitrogen and oxygen atoms in total. The van der Waals surface area contributed by atoms with Crippen LogP contribution in [0.4, 0.5) is 0 Å². The zero-order chi connectivity index (χ0) is 19.6. The van der Waals surface area contributed by atoms with E-state index in [0.29, 0.717) is 0 Å². The second kappa shape index (κ2) is 13.0. The molecule has 2 N–H and O–H groups in total. The van der Waals surface area contributed by atoms with E-state index in [9.17, 15) is 4.79 Å². The number of benzene rings is 1. The average molecular weight is 501 g/mol. The molecule has 1 aliphatic heterocycles. The normalized spacial score (nSPS) is 15.6. The lowest BCUT2D eigenvalue weighted by molar-refractivity contribution is 0.0827. The summed E-state index contributed by atoms with van der Waals surface area (Å²) in [6, 6.07) is 7.84. The van der Waals surface area contributed by atoms with Crippen molar-refractivity contribution in [2.75, 3.05) is 54.4 Å². The third-order valence-electron chi connectivity index (χ3n) is 5.19. The first-order chi connectivity index (χ1) is 13.0. The zero-order valence-corrected chi connectivity index (χ0v) is 20.0. The highest BCUT2D eigenvalue weighted by atomic mass is 127. The molecular formula is C21H36IN5O. The molecule has 1 fully saturated rings. The van der Waals surface area contributed by atoms with Crippen LogP contribution in [0.15, 0.2) is 29.3 Å². The van der Waals surface area contributed by atoms with Gasteiger partial charge in [-0.1, -0.05) is 12.1 Å². The Morgan fingerprint density at radius 1 is 1.21 bits per heavy atom. The molecule has 7 heteroatoms. The number of carbonyl (C=O) groups is 1. The van der Waals surface area contributed by atoms with Crippen LogP contribution in [0.3, 0.4) is 0 Å². The summed E-state index contributed by atoms with van der Waals surface area (Å²) >= 11 is 0. The van der Waals surface area contributed by atoms with Crippen molar-refractivity contribution in [1.29, 1.82) is 0 Å². The van der Waals surface area contributed by atoms with Gasteiger partial charge < -0.3 is 20.4 Å². The van der Waals surface area contributed by atoms with Crippen LogP contribution in [0.25, 0.3) is 0 Å². The van der Waals surface area contributed by atoms with Crippen LogP contribution in [0, 0.1) is 5.92 Å². The van der Waals surface area contributed by atoms with Crippen LogP contribution < -0.4 is 10.6 Å². The van der Waals surface area contributed by atoms with Gasteiger partial charge in [0.2, 0.25) is 0 Å². The molecule has 0 atom stereocenters.